The van der Waals surface area contributed by atoms with Crippen molar-refractivity contribution >= 4 is 55.7 Å². The van der Waals surface area contributed by atoms with Gasteiger partial charge in [0.2, 0.25) is 0 Å². The summed E-state index contributed by atoms with van der Waals surface area (Å²) in [6.45, 7) is 4.21. The predicted molar refractivity (Wildman–Crippen MR) is 132 cm³/mol. The van der Waals surface area contributed by atoms with Crippen molar-refractivity contribution in [2.45, 2.75) is 6.54 Å². The summed E-state index contributed by atoms with van der Waals surface area (Å²) in [7, 11) is 1.55. The first-order valence-corrected chi connectivity index (χ1v) is 11.5. The lowest BCUT2D eigenvalue weighted by Gasteiger charge is -2.14. The van der Waals surface area contributed by atoms with Gasteiger partial charge in [0.1, 0.15) is 6.61 Å². The molecule has 0 unspecified atom stereocenters. The molecule has 1 aliphatic rings. The highest BCUT2D eigenvalue weighted by molar-refractivity contribution is 9.10. The average Bonchev–Trinajstić information content (AvgIpc) is 3.06. The zero-order valence-corrected chi connectivity index (χ0v) is 19.7. The molecule has 3 aromatic carbocycles. The highest BCUT2D eigenvalue weighted by Crippen LogP contribution is 2.38. The van der Waals surface area contributed by atoms with E-state index in [9.17, 15) is 9.59 Å². The maximum atomic E-state index is 13.1. The molecule has 3 aromatic rings. The van der Waals surface area contributed by atoms with Crippen LogP contribution in [0, 0.1) is 0 Å². The summed E-state index contributed by atoms with van der Waals surface area (Å²) < 4.78 is 11.7. The predicted octanol–water partition coefficient (Wildman–Crippen LogP) is 6.41. The summed E-state index contributed by atoms with van der Waals surface area (Å²) in [5, 5.41) is 1.81. The van der Waals surface area contributed by atoms with Crippen LogP contribution in [0.1, 0.15) is 11.1 Å². The molecular weight excluding hydrogens is 490 g/mol. The lowest BCUT2D eigenvalue weighted by atomic mass is 10.0. The number of halogens is 1. The Bertz CT molecular complexity index is 1250. The van der Waals surface area contributed by atoms with Crippen molar-refractivity contribution in [2.24, 2.45) is 0 Å². The molecule has 0 bridgehead atoms. The molecule has 2 amide bonds. The third-order valence-electron chi connectivity index (χ3n) is 5.01. The number of hydrogen-bond donors (Lipinski definition) is 0. The van der Waals surface area contributed by atoms with Crippen molar-refractivity contribution < 1.29 is 19.1 Å². The van der Waals surface area contributed by atoms with Gasteiger partial charge in [-0.3, -0.25) is 14.5 Å². The maximum absolute atomic E-state index is 13.1. The van der Waals surface area contributed by atoms with Crippen LogP contribution in [-0.2, 0) is 11.3 Å². The lowest BCUT2D eigenvalue weighted by Crippen LogP contribution is -2.27. The Morgan fingerprint density at radius 1 is 1.09 bits per heavy atom. The van der Waals surface area contributed by atoms with E-state index in [0.29, 0.717) is 28.6 Å². The standard InChI is InChI=1S/C25H20BrNO4S/c1-3-11-31-22-14-20(26)18(12-21(22)30-2)13-23-24(28)27(25(29)32-23)15-17-9-6-8-16-7-4-5-10-19(16)17/h3-10,12-14H,1,11,15H2,2H3/b23-13+. The monoisotopic (exact) mass is 509 g/mol. The number of methoxy groups -OCH3 is 1. The van der Waals surface area contributed by atoms with Crippen LogP contribution in [0.2, 0.25) is 0 Å². The number of nitrogens with zero attached hydrogens (tertiary/aromatic N) is 1. The van der Waals surface area contributed by atoms with Crippen molar-refractivity contribution in [1.29, 1.82) is 0 Å². The van der Waals surface area contributed by atoms with Gasteiger partial charge in [-0.1, -0.05) is 71.0 Å². The fraction of sp³-hybridized carbons (Fsp3) is 0.120. The van der Waals surface area contributed by atoms with Crippen molar-refractivity contribution in [3.05, 3.63) is 87.8 Å². The summed E-state index contributed by atoms with van der Waals surface area (Å²) in [5.74, 6) is 0.766. The molecule has 0 N–H and O–H groups in total. The van der Waals surface area contributed by atoms with Gasteiger partial charge in [0.05, 0.1) is 18.6 Å². The zero-order valence-electron chi connectivity index (χ0n) is 17.3. The number of thioether (sulfide) groups is 1. The zero-order chi connectivity index (χ0) is 22.7. The number of carbonyl (C=O) groups excluding carboxylic acids is 2. The van der Waals surface area contributed by atoms with Gasteiger partial charge in [-0.05, 0) is 51.9 Å². The number of hydrogen-bond acceptors (Lipinski definition) is 5. The molecule has 0 atom stereocenters. The van der Waals surface area contributed by atoms with E-state index in [-0.39, 0.29) is 17.7 Å². The van der Waals surface area contributed by atoms with Gasteiger partial charge in [0.15, 0.2) is 11.5 Å². The summed E-state index contributed by atoms with van der Waals surface area (Å²) in [4.78, 5) is 27.4. The Hall–Kier alpha value is -3.03. The second-order valence-electron chi connectivity index (χ2n) is 7.03. The first-order valence-electron chi connectivity index (χ1n) is 9.85. The number of ether oxygens (including phenoxy) is 2. The summed E-state index contributed by atoms with van der Waals surface area (Å²) in [6.07, 6.45) is 3.34. The molecule has 0 aromatic heterocycles. The van der Waals surface area contributed by atoms with E-state index in [1.54, 1.807) is 31.4 Å². The smallest absolute Gasteiger partial charge is 0.293 e. The van der Waals surface area contributed by atoms with Crippen LogP contribution in [0.5, 0.6) is 11.5 Å². The first-order chi connectivity index (χ1) is 15.5. The molecule has 32 heavy (non-hydrogen) atoms. The summed E-state index contributed by atoms with van der Waals surface area (Å²) in [5.41, 5.74) is 1.64. The number of amides is 2. The van der Waals surface area contributed by atoms with Crippen LogP contribution in [0.25, 0.3) is 16.8 Å². The largest absolute Gasteiger partial charge is 0.493 e. The number of carbonyl (C=O) groups is 2. The molecule has 5 nitrogen and oxygen atoms in total. The van der Waals surface area contributed by atoms with Crippen LogP contribution in [-0.4, -0.2) is 29.8 Å². The van der Waals surface area contributed by atoms with E-state index in [1.807, 2.05) is 42.5 Å². The molecule has 0 spiro atoms. The van der Waals surface area contributed by atoms with Gasteiger partial charge < -0.3 is 9.47 Å². The average molecular weight is 510 g/mol. The minimum absolute atomic E-state index is 0.224. The van der Waals surface area contributed by atoms with Crippen LogP contribution >= 0.6 is 27.7 Å². The number of fused-ring (bicyclic) bond motifs is 1. The van der Waals surface area contributed by atoms with E-state index < -0.39 is 0 Å². The van der Waals surface area contributed by atoms with E-state index in [1.165, 1.54) is 4.90 Å². The Morgan fingerprint density at radius 2 is 1.88 bits per heavy atom. The number of benzene rings is 3. The molecule has 1 aliphatic heterocycles. The highest BCUT2D eigenvalue weighted by Gasteiger charge is 2.35. The Morgan fingerprint density at radius 3 is 2.66 bits per heavy atom. The van der Waals surface area contributed by atoms with Gasteiger partial charge in [-0.25, -0.2) is 0 Å². The molecule has 1 heterocycles. The molecule has 0 aliphatic carbocycles. The van der Waals surface area contributed by atoms with Gasteiger partial charge in [0, 0.05) is 4.47 Å². The molecule has 0 radical (unpaired) electrons. The second kappa shape index (κ2) is 9.63. The van der Waals surface area contributed by atoms with Gasteiger partial charge in [0.25, 0.3) is 11.1 Å². The summed E-state index contributed by atoms with van der Waals surface area (Å²) in [6, 6.07) is 17.4. The third kappa shape index (κ3) is 4.45. The first kappa shape index (κ1) is 22.2. The van der Waals surface area contributed by atoms with E-state index in [0.717, 1.165) is 32.6 Å². The quantitative estimate of drug-likeness (QED) is 0.272. The molecule has 1 fully saturated rings. The maximum Gasteiger partial charge on any atom is 0.293 e. The van der Waals surface area contributed by atoms with Crippen molar-refractivity contribution in [2.75, 3.05) is 13.7 Å². The summed E-state index contributed by atoms with van der Waals surface area (Å²) >= 11 is 4.45. The van der Waals surface area contributed by atoms with E-state index >= 15 is 0 Å². The lowest BCUT2D eigenvalue weighted by molar-refractivity contribution is -0.123. The minimum Gasteiger partial charge on any atom is -0.493 e. The van der Waals surface area contributed by atoms with Crippen LogP contribution < -0.4 is 9.47 Å². The Kier molecular flexibility index (Phi) is 6.67. The normalized spacial score (nSPS) is 14.9. The highest BCUT2D eigenvalue weighted by atomic mass is 79.9. The van der Waals surface area contributed by atoms with E-state index in [2.05, 4.69) is 22.5 Å². The second-order valence-corrected chi connectivity index (χ2v) is 8.88. The van der Waals surface area contributed by atoms with Crippen LogP contribution in [0.3, 0.4) is 0 Å². The van der Waals surface area contributed by atoms with Crippen molar-refractivity contribution in [3.63, 3.8) is 0 Å². The van der Waals surface area contributed by atoms with Crippen LogP contribution in [0.15, 0.2) is 76.6 Å². The fourth-order valence-corrected chi connectivity index (χ4v) is 4.73. The van der Waals surface area contributed by atoms with Crippen molar-refractivity contribution in [1.82, 2.24) is 4.90 Å². The molecule has 1 saturated heterocycles. The van der Waals surface area contributed by atoms with Crippen molar-refractivity contribution in [3.8, 4) is 11.5 Å². The van der Waals surface area contributed by atoms with E-state index in [4.69, 9.17) is 9.47 Å². The minimum atomic E-state index is -0.314. The molecular formula is C25H20BrNO4S. The Balaban J connectivity index is 1.62. The molecule has 7 heteroatoms. The van der Waals surface area contributed by atoms with Gasteiger partial charge in [-0.15, -0.1) is 0 Å². The molecule has 4 rings (SSSR count). The molecule has 162 valence electrons. The molecule has 0 saturated carbocycles. The number of rotatable bonds is 7. The Labute approximate surface area is 198 Å². The topological polar surface area (TPSA) is 55.8 Å². The van der Waals surface area contributed by atoms with Gasteiger partial charge in [-0.2, -0.15) is 0 Å². The van der Waals surface area contributed by atoms with Crippen LogP contribution in [0.4, 0.5) is 4.79 Å². The third-order valence-corrected chi connectivity index (χ3v) is 6.60. The SMILES string of the molecule is C=CCOc1cc(Br)c(/C=C2/SC(=O)N(Cc3cccc4ccccc34)C2=O)cc1OC. The van der Waals surface area contributed by atoms with Gasteiger partial charge >= 0.3 is 0 Å². The number of imide groups is 1. The fourth-order valence-electron chi connectivity index (χ4n) is 3.46.